The highest BCUT2D eigenvalue weighted by Gasteiger charge is 2.19. The van der Waals surface area contributed by atoms with Crippen molar-refractivity contribution in [1.82, 2.24) is 0 Å². The normalized spacial score (nSPS) is 10.0. The number of anilines is 1. The average molecular weight is 270 g/mol. The van der Waals surface area contributed by atoms with E-state index in [0.29, 0.717) is 11.3 Å². The highest BCUT2D eigenvalue weighted by Crippen LogP contribution is 2.20. The van der Waals surface area contributed by atoms with Crippen molar-refractivity contribution < 1.29 is 14.7 Å². The molecule has 0 aliphatic heterocycles. The molecule has 0 saturated carbocycles. The minimum Gasteiger partial charge on any atom is -0.508 e. The van der Waals surface area contributed by atoms with Crippen molar-refractivity contribution in [3.8, 4) is 5.75 Å². The van der Waals surface area contributed by atoms with Gasteiger partial charge in [0.1, 0.15) is 12.3 Å². The Morgan fingerprint density at radius 3 is 2.15 bits per heavy atom. The van der Waals surface area contributed by atoms with E-state index >= 15 is 0 Å². The molecule has 20 heavy (non-hydrogen) atoms. The third-order valence-corrected chi connectivity index (χ3v) is 2.74. The van der Waals surface area contributed by atoms with Crippen molar-refractivity contribution >= 4 is 17.5 Å². The summed E-state index contributed by atoms with van der Waals surface area (Å²) in [5, 5.41) is 9.28. The number of rotatable bonds is 4. The van der Waals surface area contributed by atoms with E-state index in [1.54, 1.807) is 42.5 Å². The van der Waals surface area contributed by atoms with Crippen LogP contribution in [-0.2, 0) is 4.79 Å². The summed E-state index contributed by atoms with van der Waals surface area (Å²) in [5.74, 6) is -0.850. The quantitative estimate of drug-likeness (QED) is 0.883. The molecule has 0 aliphatic rings. The molecular formula is C15H14N2O3. The molecule has 2 aromatic rings. The molecule has 0 saturated heterocycles. The monoisotopic (exact) mass is 270 g/mol. The Balaban J connectivity index is 2.35. The van der Waals surface area contributed by atoms with Gasteiger partial charge in [0.2, 0.25) is 5.91 Å². The van der Waals surface area contributed by atoms with Crippen LogP contribution < -0.4 is 10.6 Å². The first-order valence-electron chi connectivity index (χ1n) is 6.02. The van der Waals surface area contributed by atoms with Crippen LogP contribution in [-0.4, -0.2) is 23.5 Å². The summed E-state index contributed by atoms with van der Waals surface area (Å²) in [4.78, 5) is 24.9. The highest BCUT2D eigenvalue weighted by molar-refractivity contribution is 6.08. The van der Waals surface area contributed by atoms with Crippen LogP contribution in [0.2, 0.25) is 0 Å². The summed E-state index contributed by atoms with van der Waals surface area (Å²) in [6, 6.07) is 14.6. The van der Waals surface area contributed by atoms with E-state index in [1.165, 1.54) is 17.0 Å². The minimum absolute atomic E-state index is 0.0833. The zero-order valence-corrected chi connectivity index (χ0v) is 10.7. The number of primary amides is 1. The number of nitrogens with two attached hydrogens (primary N) is 1. The smallest absolute Gasteiger partial charge is 0.258 e. The number of amides is 2. The number of hydrogen-bond acceptors (Lipinski definition) is 3. The maximum atomic E-state index is 12.4. The molecule has 0 atom stereocenters. The second-order valence-electron chi connectivity index (χ2n) is 4.24. The molecule has 0 fully saturated rings. The standard InChI is InChI=1S/C15H14N2O3/c16-14(19)10-17(12-6-8-13(18)9-7-12)15(20)11-4-2-1-3-5-11/h1-9,18H,10H2,(H2,16,19). The number of phenolic OH excluding ortho intramolecular Hbond substituents is 1. The molecule has 2 amide bonds. The van der Waals surface area contributed by atoms with Crippen molar-refractivity contribution in [2.24, 2.45) is 5.73 Å². The van der Waals surface area contributed by atoms with Crippen molar-refractivity contribution in [3.63, 3.8) is 0 Å². The molecule has 0 aromatic heterocycles. The first kappa shape index (κ1) is 13.6. The fourth-order valence-electron chi connectivity index (χ4n) is 1.81. The molecule has 5 nitrogen and oxygen atoms in total. The van der Waals surface area contributed by atoms with Crippen LogP contribution in [0.15, 0.2) is 54.6 Å². The lowest BCUT2D eigenvalue weighted by atomic mass is 10.1. The summed E-state index contributed by atoms with van der Waals surface area (Å²) >= 11 is 0. The van der Waals surface area contributed by atoms with E-state index in [2.05, 4.69) is 0 Å². The second-order valence-corrected chi connectivity index (χ2v) is 4.24. The summed E-state index contributed by atoms with van der Waals surface area (Å²) in [5.41, 5.74) is 6.15. The second kappa shape index (κ2) is 5.88. The molecule has 0 heterocycles. The van der Waals surface area contributed by atoms with Crippen LogP contribution in [0.3, 0.4) is 0 Å². The number of benzene rings is 2. The van der Waals surface area contributed by atoms with Crippen LogP contribution >= 0.6 is 0 Å². The average Bonchev–Trinajstić information content (AvgIpc) is 2.46. The van der Waals surface area contributed by atoms with Gasteiger partial charge in [-0.25, -0.2) is 0 Å². The molecule has 0 aliphatic carbocycles. The Bertz CT molecular complexity index is 609. The highest BCUT2D eigenvalue weighted by atomic mass is 16.3. The van der Waals surface area contributed by atoms with E-state index in [9.17, 15) is 14.7 Å². The maximum Gasteiger partial charge on any atom is 0.258 e. The number of aromatic hydroxyl groups is 1. The van der Waals surface area contributed by atoms with Gasteiger partial charge in [0.05, 0.1) is 0 Å². The Morgan fingerprint density at radius 1 is 1.00 bits per heavy atom. The van der Waals surface area contributed by atoms with Gasteiger partial charge in [-0.3, -0.25) is 14.5 Å². The zero-order chi connectivity index (χ0) is 14.5. The first-order valence-corrected chi connectivity index (χ1v) is 6.02. The van der Waals surface area contributed by atoms with E-state index in [4.69, 9.17) is 5.73 Å². The molecular weight excluding hydrogens is 256 g/mol. The zero-order valence-electron chi connectivity index (χ0n) is 10.7. The lowest BCUT2D eigenvalue weighted by Crippen LogP contribution is -2.38. The Hall–Kier alpha value is -2.82. The molecule has 102 valence electrons. The molecule has 0 bridgehead atoms. The number of hydrogen-bond donors (Lipinski definition) is 2. The molecule has 0 radical (unpaired) electrons. The van der Waals surface area contributed by atoms with Gasteiger partial charge in [-0.2, -0.15) is 0 Å². The van der Waals surface area contributed by atoms with E-state index in [1.807, 2.05) is 0 Å². The number of carbonyl (C=O) groups is 2. The maximum absolute atomic E-state index is 12.4. The first-order chi connectivity index (χ1) is 9.58. The van der Waals surface area contributed by atoms with Crippen LogP contribution in [0.5, 0.6) is 5.75 Å². The molecule has 0 unspecified atom stereocenters. The fourth-order valence-corrected chi connectivity index (χ4v) is 1.81. The predicted octanol–water partition coefficient (Wildman–Crippen LogP) is 1.52. The van der Waals surface area contributed by atoms with Gasteiger partial charge < -0.3 is 10.8 Å². The SMILES string of the molecule is NC(=O)CN(C(=O)c1ccccc1)c1ccc(O)cc1. The lowest BCUT2D eigenvalue weighted by molar-refractivity contribution is -0.116. The third kappa shape index (κ3) is 3.14. The van der Waals surface area contributed by atoms with Crippen LogP contribution in [0, 0.1) is 0 Å². The van der Waals surface area contributed by atoms with Crippen LogP contribution in [0.1, 0.15) is 10.4 Å². The fraction of sp³-hybridized carbons (Fsp3) is 0.0667. The van der Waals surface area contributed by atoms with Gasteiger partial charge in [0.25, 0.3) is 5.91 Å². The molecule has 0 spiro atoms. The van der Waals surface area contributed by atoms with Crippen molar-refractivity contribution in [2.45, 2.75) is 0 Å². The molecule has 5 heteroatoms. The topological polar surface area (TPSA) is 83.6 Å². The van der Waals surface area contributed by atoms with E-state index in [-0.39, 0.29) is 18.2 Å². The summed E-state index contributed by atoms with van der Waals surface area (Å²) in [6.07, 6.45) is 0. The number of carbonyl (C=O) groups excluding carboxylic acids is 2. The lowest BCUT2D eigenvalue weighted by Gasteiger charge is -2.21. The van der Waals surface area contributed by atoms with Gasteiger partial charge in [-0.1, -0.05) is 18.2 Å². The molecule has 2 rings (SSSR count). The Morgan fingerprint density at radius 2 is 1.60 bits per heavy atom. The van der Waals surface area contributed by atoms with Crippen molar-refractivity contribution in [3.05, 3.63) is 60.2 Å². The molecule has 3 N–H and O–H groups in total. The van der Waals surface area contributed by atoms with Gasteiger partial charge in [-0.15, -0.1) is 0 Å². The van der Waals surface area contributed by atoms with E-state index in [0.717, 1.165) is 0 Å². The Kier molecular flexibility index (Phi) is 4.00. The number of phenols is 1. The van der Waals surface area contributed by atoms with Crippen LogP contribution in [0.25, 0.3) is 0 Å². The number of nitrogens with zero attached hydrogens (tertiary/aromatic N) is 1. The van der Waals surface area contributed by atoms with Crippen molar-refractivity contribution in [1.29, 1.82) is 0 Å². The van der Waals surface area contributed by atoms with Gasteiger partial charge >= 0.3 is 0 Å². The minimum atomic E-state index is -0.609. The van der Waals surface area contributed by atoms with E-state index < -0.39 is 5.91 Å². The van der Waals surface area contributed by atoms with Gasteiger partial charge in [0, 0.05) is 11.3 Å². The largest absolute Gasteiger partial charge is 0.508 e. The molecule has 2 aromatic carbocycles. The van der Waals surface area contributed by atoms with Gasteiger partial charge in [0.15, 0.2) is 0 Å². The predicted molar refractivity (Wildman–Crippen MR) is 75.4 cm³/mol. The Labute approximate surface area is 116 Å². The summed E-state index contributed by atoms with van der Waals surface area (Å²) in [6.45, 7) is -0.224. The third-order valence-electron chi connectivity index (χ3n) is 2.74. The van der Waals surface area contributed by atoms with Gasteiger partial charge in [-0.05, 0) is 36.4 Å². The van der Waals surface area contributed by atoms with Crippen molar-refractivity contribution in [2.75, 3.05) is 11.4 Å². The summed E-state index contributed by atoms with van der Waals surface area (Å²) < 4.78 is 0. The summed E-state index contributed by atoms with van der Waals surface area (Å²) in [7, 11) is 0. The van der Waals surface area contributed by atoms with Crippen LogP contribution in [0.4, 0.5) is 5.69 Å².